The summed E-state index contributed by atoms with van der Waals surface area (Å²) in [5.74, 6) is 2.78. The quantitative estimate of drug-likeness (QED) is 0.931. The molecule has 5 nitrogen and oxygen atoms in total. The van der Waals surface area contributed by atoms with Gasteiger partial charge in [0.05, 0.1) is 5.52 Å². The fraction of sp³-hybridized carbons (Fsp3) is 0.650. The monoisotopic (exact) mass is 338 g/mol. The lowest BCUT2D eigenvalue weighted by Crippen LogP contribution is -2.56. The summed E-state index contributed by atoms with van der Waals surface area (Å²) in [6, 6.07) is 8.04. The summed E-state index contributed by atoms with van der Waals surface area (Å²) in [5.41, 5.74) is 2.10. The van der Waals surface area contributed by atoms with E-state index in [2.05, 4.69) is 22.6 Å². The molecule has 5 heteroatoms. The maximum atomic E-state index is 12.7. The van der Waals surface area contributed by atoms with Crippen molar-refractivity contribution in [3.8, 4) is 0 Å². The number of amides is 1. The number of nitrogens with zero attached hydrogens (tertiary/aromatic N) is 3. The van der Waals surface area contributed by atoms with Crippen LogP contribution in [0.25, 0.3) is 11.0 Å². The fourth-order valence-corrected chi connectivity index (χ4v) is 6.32. The summed E-state index contributed by atoms with van der Waals surface area (Å²) in [6.45, 7) is 2.47. The Hall–Kier alpha value is -1.91. The Morgan fingerprint density at radius 2 is 1.84 bits per heavy atom. The van der Waals surface area contributed by atoms with Crippen LogP contribution in [0.4, 0.5) is 0 Å². The fourth-order valence-electron chi connectivity index (χ4n) is 6.32. The van der Waals surface area contributed by atoms with E-state index in [1.165, 1.54) is 38.5 Å². The van der Waals surface area contributed by atoms with Crippen LogP contribution in [-0.2, 0) is 11.3 Å². The van der Waals surface area contributed by atoms with Crippen molar-refractivity contribution in [1.82, 2.24) is 20.3 Å². The summed E-state index contributed by atoms with van der Waals surface area (Å²) in [5, 5.41) is 11.6. The first-order chi connectivity index (χ1) is 12.1. The van der Waals surface area contributed by atoms with Gasteiger partial charge < -0.3 is 5.32 Å². The zero-order valence-electron chi connectivity index (χ0n) is 14.8. The van der Waals surface area contributed by atoms with Gasteiger partial charge in [0.1, 0.15) is 12.1 Å². The molecule has 0 aliphatic heterocycles. The lowest BCUT2D eigenvalue weighted by atomic mass is 9.48. The predicted molar refractivity (Wildman–Crippen MR) is 95.7 cm³/mol. The van der Waals surface area contributed by atoms with Gasteiger partial charge in [0.2, 0.25) is 5.91 Å². The van der Waals surface area contributed by atoms with Gasteiger partial charge in [-0.15, -0.1) is 5.10 Å². The molecule has 4 fully saturated rings. The molecule has 0 unspecified atom stereocenters. The lowest BCUT2D eigenvalue weighted by Gasteiger charge is -2.59. The van der Waals surface area contributed by atoms with Gasteiger partial charge in [-0.25, -0.2) is 4.68 Å². The molecule has 1 aromatic heterocycles. The van der Waals surface area contributed by atoms with E-state index >= 15 is 0 Å². The number of aromatic nitrogens is 3. The van der Waals surface area contributed by atoms with Crippen molar-refractivity contribution in [3.05, 3.63) is 24.3 Å². The van der Waals surface area contributed by atoms with Gasteiger partial charge in [0.25, 0.3) is 0 Å². The van der Waals surface area contributed by atoms with E-state index in [9.17, 15) is 4.79 Å². The smallest absolute Gasteiger partial charge is 0.242 e. The largest absolute Gasteiger partial charge is 0.351 e. The van der Waals surface area contributed by atoms with Crippen LogP contribution in [0.5, 0.6) is 0 Å². The number of carbonyl (C=O) groups is 1. The average molecular weight is 338 g/mol. The van der Waals surface area contributed by atoms with Gasteiger partial charge in [-0.3, -0.25) is 4.79 Å². The van der Waals surface area contributed by atoms with Gasteiger partial charge in [0.15, 0.2) is 0 Å². The molecule has 4 bridgehead atoms. The second kappa shape index (κ2) is 5.55. The maximum absolute atomic E-state index is 12.7. The van der Waals surface area contributed by atoms with Crippen LogP contribution in [0.3, 0.4) is 0 Å². The van der Waals surface area contributed by atoms with Crippen molar-refractivity contribution in [2.24, 2.45) is 23.2 Å². The van der Waals surface area contributed by atoms with Crippen LogP contribution in [0.2, 0.25) is 0 Å². The van der Waals surface area contributed by atoms with Gasteiger partial charge in [0, 0.05) is 6.04 Å². The Morgan fingerprint density at radius 1 is 1.20 bits per heavy atom. The Bertz CT molecular complexity index is 776. The summed E-state index contributed by atoms with van der Waals surface area (Å²) in [7, 11) is 0. The van der Waals surface area contributed by atoms with E-state index in [4.69, 9.17) is 0 Å². The summed E-state index contributed by atoms with van der Waals surface area (Å²) >= 11 is 0. The minimum atomic E-state index is 0.0545. The summed E-state index contributed by atoms with van der Waals surface area (Å²) in [4.78, 5) is 12.7. The Kier molecular flexibility index (Phi) is 3.41. The molecule has 4 aliphatic rings. The first-order valence-electron chi connectivity index (χ1n) is 9.69. The molecular weight excluding hydrogens is 312 g/mol. The molecule has 0 spiro atoms. The highest BCUT2D eigenvalue weighted by atomic mass is 16.2. The van der Waals surface area contributed by atoms with E-state index in [1.54, 1.807) is 4.68 Å². The van der Waals surface area contributed by atoms with Crippen molar-refractivity contribution in [2.75, 3.05) is 0 Å². The number of fused-ring (bicyclic) bond motifs is 1. The van der Waals surface area contributed by atoms with Gasteiger partial charge in [-0.2, -0.15) is 0 Å². The van der Waals surface area contributed by atoms with Crippen molar-refractivity contribution in [3.63, 3.8) is 0 Å². The number of carbonyl (C=O) groups excluding carboxylic acids is 1. The molecule has 1 N–H and O–H groups in total. The highest BCUT2D eigenvalue weighted by molar-refractivity contribution is 5.79. The number of benzene rings is 1. The number of para-hydroxylation sites is 1. The third-order valence-corrected chi connectivity index (χ3v) is 7.10. The van der Waals surface area contributed by atoms with E-state index in [0.717, 1.165) is 28.8 Å². The minimum Gasteiger partial charge on any atom is -0.351 e. The Labute approximate surface area is 148 Å². The average Bonchev–Trinajstić information content (AvgIpc) is 2.96. The zero-order chi connectivity index (χ0) is 17.0. The first-order valence-corrected chi connectivity index (χ1v) is 9.69. The van der Waals surface area contributed by atoms with E-state index in [-0.39, 0.29) is 18.5 Å². The number of rotatable bonds is 4. The second-order valence-corrected chi connectivity index (χ2v) is 8.80. The molecule has 4 aliphatic carbocycles. The molecule has 4 saturated carbocycles. The third kappa shape index (κ3) is 2.55. The predicted octanol–water partition coefficient (Wildman–Crippen LogP) is 3.15. The molecule has 1 atom stereocenters. The normalized spacial score (nSPS) is 34.4. The molecular formula is C20H26N4O. The van der Waals surface area contributed by atoms with Gasteiger partial charge in [-0.05, 0) is 80.8 Å². The molecule has 132 valence electrons. The third-order valence-electron chi connectivity index (χ3n) is 7.10. The molecule has 2 aromatic rings. The number of hydrogen-bond acceptors (Lipinski definition) is 3. The molecule has 1 aromatic carbocycles. The molecule has 0 radical (unpaired) electrons. The zero-order valence-corrected chi connectivity index (χ0v) is 14.8. The Balaban J connectivity index is 1.29. The van der Waals surface area contributed by atoms with Crippen molar-refractivity contribution in [1.29, 1.82) is 0 Å². The molecule has 0 saturated heterocycles. The van der Waals surface area contributed by atoms with Crippen molar-refractivity contribution < 1.29 is 4.79 Å². The second-order valence-electron chi connectivity index (χ2n) is 8.80. The van der Waals surface area contributed by atoms with Crippen LogP contribution in [0.15, 0.2) is 24.3 Å². The van der Waals surface area contributed by atoms with E-state index in [1.807, 2.05) is 24.3 Å². The van der Waals surface area contributed by atoms with Crippen LogP contribution in [-0.4, -0.2) is 26.9 Å². The summed E-state index contributed by atoms with van der Waals surface area (Å²) < 4.78 is 1.71. The SMILES string of the molecule is C[C@H](NC(=O)Cn1nnc2ccccc21)C12CC3CC(CC(C3)C1)C2. The number of nitrogens with one attached hydrogen (secondary N) is 1. The van der Waals surface area contributed by atoms with Crippen molar-refractivity contribution >= 4 is 16.9 Å². The molecule has 6 rings (SSSR count). The highest BCUT2D eigenvalue weighted by Crippen LogP contribution is 2.61. The van der Waals surface area contributed by atoms with Crippen LogP contribution < -0.4 is 5.32 Å². The number of hydrogen-bond donors (Lipinski definition) is 1. The van der Waals surface area contributed by atoms with E-state index in [0.29, 0.717) is 5.41 Å². The minimum absolute atomic E-state index is 0.0545. The van der Waals surface area contributed by atoms with Gasteiger partial charge >= 0.3 is 0 Å². The standard InChI is InChI=1S/C20H26N4O/c1-13(20-9-14-6-15(10-20)8-16(7-14)11-20)21-19(25)12-24-18-5-3-2-4-17(18)22-23-24/h2-5,13-16H,6-12H2,1H3,(H,21,25)/t13-,14?,15?,16?,20?/m0/s1. The van der Waals surface area contributed by atoms with Crippen molar-refractivity contribution in [2.45, 2.75) is 58.0 Å². The summed E-state index contributed by atoms with van der Waals surface area (Å²) in [6.07, 6.45) is 8.24. The lowest BCUT2D eigenvalue weighted by molar-refractivity contribution is -0.126. The topological polar surface area (TPSA) is 59.8 Å². The molecule has 25 heavy (non-hydrogen) atoms. The van der Waals surface area contributed by atoms with E-state index < -0.39 is 0 Å². The van der Waals surface area contributed by atoms with Crippen LogP contribution >= 0.6 is 0 Å². The van der Waals surface area contributed by atoms with Crippen LogP contribution in [0.1, 0.15) is 45.4 Å². The van der Waals surface area contributed by atoms with Gasteiger partial charge in [-0.1, -0.05) is 17.3 Å². The Morgan fingerprint density at radius 3 is 2.52 bits per heavy atom. The molecule has 1 amide bonds. The maximum Gasteiger partial charge on any atom is 0.242 e. The first kappa shape index (κ1) is 15.4. The highest BCUT2D eigenvalue weighted by Gasteiger charge is 2.53. The molecule has 1 heterocycles. The van der Waals surface area contributed by atoms with Crippen LogP contribution in [0, 0.1) is 23.2 Å².